The molecule has 0 fully saturated rings. The molecule has 0 spiro atoms. The fourth-order valence-corrected chi connectivity index (χ4v) is 1.43. The lowest BCUT2D eigenvalue weighted by Gasteiger charge is -2.21. The number of nitrogens with one attached hydrogen (secondary N) is 1. The second-order valence-corrected chi connectivity index (χ2v) is 3.03. The number of aromatic nitrogens is 2. The van der Waals surface area contributed by atoms with Crippen LogP contribution in [0.3, 0.4) is 0 Å². The minimum absolute atomic E-state index is 0.00235. The zero-order chi connectivity index (χ0) is 11.0. The Morgan fingerprint density at radius 3 is 2.80 bits per heavy atom. The topological polar surface area (TPSA) is 107 Å². The van der Waals surface area contributed by atoms with Crippen LogP contribution >= 0.6 is 0 Å². The van der Waals surface area contributed by atoms with Crippen molar-refractivity contribution < 1.29 is 19.8 Å². The molecule has 1 amide bonds. The molecule has 1 aliphatic rings. The first-order valence-electron chi connectivity index (χ1n) is 4.17. The van der Waals surface area contributed by atoms with Gasteiger partial charge in [0.25, 0.3) is 0 Å². The third-order valence-corrected chi connectivity index (χ3v) is 2.14. The standard InChI is InChI=1S/C8H7N3O4/c12-7(13)6-4-1-2-11(8(14)15)3-5(4)9-10-6/h1-2H2,(H,9,10)(H,12,13)(H,14,15). The van der Waals surface area contributed by atoms with Gasteiger partial charge >= 0.3 is 12.1 Å². The molecular weight excluding hydrogens is 202 g/mol. The third-order valence-electron chi connectivity index (χ3n) is 2.14. The van der Waals surface area contributed by atoms with Crippen LogP contribution in [-0.2, 0) is 6.42 Å². The first-order chi connectivity index (χ1) is 7.09. The maximum Gasteiger partial charge on any atom is 0.408 e. The molecule has 3 N–H and O–H groups in total. The van der Waals surface area contributed by atoms with Crippen molar-refractivity contribution in [1.29, 1.82) is 0 Å². The van der Waals surface area contributed by atoms with Gasteiger partial charge in [-0.15, -0.1) is 0 Å². The summed E-state index contributed by atoms with van der Waals surface area (Å²) in [6.45, 7) is 2.70. The SMILES string of the molecule is O=C(O)c1[nH]nc2c1CCN(C(=O)O)[C]2. The number of hydrogen-bond donors (Lipinski definition) is 3. The first-order valence-corrected chi connectivity index (χ1v) is 4.17. The molecule has 2 radical (unpaired) electrons. The monoisotopic (exact) mass is 209 g/mol. The van der Waals surface area contributed by atoms with Gasteiger partial charge in [-0.2, -0.15) is 5.10 Å². The molecule has 0 aromatic carbocycles. The molecule has 1 aromatic heterocycles. The molecule has 0 unspecified atom stereocenters. The van der Waals surface area contributed by atoms with E-state index in [1.807, 2.05) is 0 Å². The molecule has 0 atom stereocenters. The van der Waals surface area contributed by atoms with Gasteiger partial charge in [-0.05, 0) is 6.42 Å². The number of fused-ring (bicyclic) bond motifs is 1. The summed E-state index contributed by atoms with van der Waals surface area (Å²) < 4.78 is 0. The van der Waals surface area contributed by atoms with Gasteiger partial charge in [0, 0.05) is 12.1 Å². The van der Waals surface area contributed by atoms with E-state index in [0.717, 1.165) is 4.90 Å². The summed E-state index contributed by atoms with van der Waals surface area (Å²) in [5, 5.41) is 23.5. The minimum Gasteiger partial charge on any atom is -0.477 e. The molecule has 0 bridgehead atoms. The van der Waals surface area contributed by atoms with E-state index < -0.39 is 12.1 Å². The van der Waals surface area contributed by atoms with E-state index in [2.05, 4.69) is 16.7 Å². The second-order valence-electron chi connectivity index (χ2n) is 3.03. The summed E-state index contributed by atoms with van der Waals surface area (Å²) in [5.41, 5.74) is 0.753. The highest BCUT2D eigenvalue weighted by Crippen LogP contribution is 2.21. The number of carboxylic acids is 1. The second kappa shape index (κ2) is 3.26. The maximum absolute atomic E-state index is 10.7. The number of hydrogen-bond acceptors (Lipinski definition) is 3. The van der Waals surface area contributed by atoms with Crippen LogP contribution in [-0.4, -0.2) is 43.9 Å². The van der Waals surface area contributed by atoms with Gasteiger partial charge < -0.3 is 10.2 Å². The van der Waals surface area contributed by atoms with Gasteiger partial charge in [0.2, 0.25) is 0 Å². The average molecular weight is 209 g/mol. The summed E-state index contributed by atoms with van der Waals surface area (Å²) in [6, 6.07) is 0. The molecule has 0 aliphatic carbocycles. The minimum atomic E-state index is -1.12. The van der Waals surface area contributed by atoms with Gasteiger partial charge in [0.05, 0.1) is 5.69 Å². The van der Waals surface area contributed by atoms with E-state index in [9.17, 15) is 9.59 Å². The largest absolute Gasteiger partial charge is 0.477 e. The zero-order valence-corrected chi connectivity index (χ0v) is 7.52. The van der Waals surface area contributed by atoms with Gasteiger partial charge in [0.1, 0.15) is 5.69 Å². The highest BCUT2D eigenvalue weighted by atomic mass is 16.4. The predicted octanol–water partition coefficient (Wildman–Crippen LogP) is 0.0309. The highest BCUT2D eigenvalue weighted by Gasteiger charge is 2.27. The normalized spacial score (nSPS) is 14.8. The number of amides is 1. The Hall–Kier alpha value is -2.05. The van der Waals surface area contributed by atoms with Gasteiger partial charge in [-0.3, -0.25) is 10.00 Å². The average Bonchev–Trinajstić information content (AvgIpc) is 2.59. The van der Waals surface area contributed by atoms with E-state index in [4.69, 9.17) is 10.2 Å². The Morgan fingerprint density at radius 2 is 2.20 bits per heavy atom. The lowest BCUT2D eigenvalue weighted by molar-refractivity contribution is 0.0689. The molecule has 1 aliphatic heterocycles. The number of carboxylic acid groups (broad SMARTS) is 2. The quantitative estimate of drug-likeness (QED) is 0.605. The Balaban J connectivity index is 2.30. The van der Waals surface area contributed by atoms with Crippen molar-refractivity contribution in [3.8, 4) is 0 Å². The van der Waals surface area contributed by atoms with Crippen LogP contribution in [0, 0.1) is 6.54 Å². The summed E-state index contributed by atoms with van der Waals surface area (Å²) in [5.74, 6) is -1.10. The van der Waals surface area contributed by atoms with E-state index in [-0.39, 0.29) is 17.9 Å². The summed E-state index contributed by atoms with van der Waals surface area (Å²) in [6.07, 6.45) is -0.798. The fourth-order valence-electron chi connectivity index (χ4n) is 1.43. The lowest BCUT2D eigenvalue weighted by Crippen LogP contribution is -2.33. The summed E-state index contributed by atoms with van der Waals surface area (Å²) in [4.78, 5) is 22.3. The van der Waals surface area contributed by atoms with Crippen LogP contribution < -0.4 is 0 Å². The van der Waals surface area contributed by atoms with Crippen LogP contribution in [0.5, 0.6) is 0 Å². The van der Waals surface area contributed by atoms with Crippen molar-refractivity contribution in [3.63, 3.8) is 0 Å². The van der Waals surface area contributed by atoms with E-state index in [1.165, 1.54) is 0 Å². The van der Waals surface area contributed by atoms with Crippen molar-refractivity contribution in [2.75, 3.05) is 6.54 Å². The highest BCUT2D eigenvalue weighted by molar-refractivity contribution is 5.87. The van der Waals surface area contributed by atoms with Crippen molar-refractivity contribution in [2.45, 2.75) is 6.42 Å². The van der Waals surface area contributed by atoms with Gasteiger partial charge in [-0.25, -0.2) is 9.59 Å². The Morgan fingerprint density at radius 1 is 1.47 bits per heavy atom. The molecular formula is C8H7N3O4. The van der Waals surface area contributed by atoms with Crippen LogP contribution in [0.2, 0.25) is 0 Å². The van der Waals surface area contributed by atoms with Crippen molar-refractivity contribution in [1.82, 2.24) is 15.1 Å². The van der Waals surface area contributed by atoms with Crippen molar-refractivity contribution >= 4 is 12.1 Å². The molecule has 7 heteroatoms. The number of rotatable bonds is 1. The van der Waals surface area contributed by atoms with Crippen LogP contribution in [0.15, 0.2) is 0 Å². The molecule has 7 nitrogen and oxygen atoms in total. The number of H-pyrrole nitrogens is 1. The summed E-state index contributed by atoms with van der Waals surface area (Å²) in [7, 11) is 0. The third kappa shape index (κ3) is 1.51. The number of aromatic amines is 1. The molecule has 2 heterocycles. The number of nitrogens with zero attached hydrogens (tertiary/aromatic N) is 2. The Bertz CT molecular complexity index is 426. The Kier molecular flexibility index (Phi) is 2.07. The predicted molar refractivity (Wildman–Crippen MR) is 46.3 cm³/mol. The van der Waals surface area contributed by atoms with Crippen molar-refractivity contribution in [3.05, 3.63) is 23.5 Å². The van der Waals surface area contributed by atoms with Crippen molar-refractivity contribution in [2.24, 2.45) is 0 Å². The zero-order valence-electron chi connectivity index (χ0n) is 7.52. The fraction of sp³-hybridized carbons (Fsp3) is 0.250. The van der Waals surface area contributed by atoms with Crippen LogP contribution in [0.4, 0.5) is 4.79 Å². The van der Waals surface area contributed by atoms with Crippen LogP contribution in [0.25, 0.3) is 0 Å². The maximum atomic E-state index is 10.7. The summed E-state index contributed by atoms with van der Waals surface area (Å²) >= 11 is 0. The lowest BCUT2D eigenvalue weighted by atomic mass is 10.1. The molecule has 0 saturated heterocycles. The Labute approximate surface area is 84.3 Å². The van der Waals surface area contributed by atoms with E-state index in [0.29, 0.717) is 12.0 Å². The molecule has 2 rings (SSSR count). The smallest absolute Gasteiger partial charge is 0.408 e. The van der Waals surface area contributed by atoms with E-state index in [1.54, 1.807) is 0 Å². The molecule has 0 saturated carbocycles. The van der Waals surface area contributed by atoms with Gasteiger partial charge in [-0.1, -0.05) is 0 Å². The van der Waals surface area contributed by atoms with Crippen LogP contribution in [0.1, 0.15) is 21.7 Å². The van der Waals surface area contributed by atoms with Gasteiger partial charge in [0.15, 0.2) is 6.54 Å². The molecule has 1 aromatic rings. The molecule has 15 heavy (non-hydrogen) atoms. The number of carbonyl (C=O) groups is 2. The first kappa shape index (κ1) is 9.50. The van der Waals surface area contributed by atoms with E-state index >= 15 is 0 Å². The molecule has 78 valence electrons. The number of aromatic carboxylic acids is 1.